The van der Waals surface area contributed by atoms with Gasteiger partial charge in [0, 0.05) is 26.2 Å². The van der Waals surface area contributed by atoms with Crippen LogP contribution in [-0.4, -0.2) is 59.6 Å². The molecule has 1 aromatic heterocycles. The van der Waals surface area contributed by atoms with Crippen LogP contribution in [0.25, 0.3) is 0 Å². The summed E-state index contributed by atoms with van der Waals surface area (Å²) in [6.45, 7) is 3.83. The normalized spacial score (nSPS) is 17.2. The summed E-state index contributed by atoms with van der Waals surface area (Å²) in [5, 5.41) is 14.3. The molecule has 2 aliphatic rings. The minimum Gasteiger partial charge on any atom is -0.503 e. The molecule has 0 aliphatic carbocycles. The Kier molecular flexibility index (Phi) is 6.91. The molecule has 0 atom stereocenters. The molecular formula is C21H28ClN7O2. The van der Waals surface area contributed by atoms with E-state index in [9.17, 15) is 5.11 Å². The first kappa shape index (κ1) is 21.4. The lowest BCUT2D eigenvalue weighted by molar-refractivity contribution is 0.373. The zero-order valence-electron chi connectivity index (χ0n) is 17.7. The van der Waals surface area contributed by atoms with Gasteiger partial charge in [0.15, 0.2) is 11.5 Å². The molecule has 3 heterocycles. The fourth-order valence-electron chi connectivity index (χ4n) is 3.86. The Morgan fingerprint density at radius 2 is 1.55 bits per heavy atom. The van der Waals surface area contributed by atoms with Crippen molar-refractivity contribution < 1.29 is 9.84 Å². The fourth-order valence-corrected chi connectivity index (χ4v) is 4.08. The van der Waals surface area contributed by atoms with Gasteiger partial charge in [0.25, 0.3) is 0 Å². The highest BCUT2D eigenvalue weighted by Crippen LogP contribution is 2.34. The summed E-state index contributed by atoms with van der Waals surface area (Å²) in [5.74, 6) is 1.99. The summed E-state index contributed by atoms with van der Waals surface area (Å²) in [7, 11) is 1.47. The molecule has 31 heavy (non-hydrogen) atoms. The van der Waals surface area contributed by atoms with E-state index in [1.165, 1.54) is 20.0 Å². The van der Waals surface area contributed by atoms with Crippen molar-refractivity contribution in [2.75, 3.05) is 48.5 Å². The van der Waals surface area contributed by atoms with Crippen LogP contribution in [0.3, 0.4) is 0 Å². The van der Waals surface area contributed by atoms with E-state index in [0.29, 0.717) is 23.4 Å². The maximum Gasteiger partial charge on any atom is 0.250 e. The third-order valence-electron chi connectivity index (χ3n) is 5.54. The predicted octanol–water partition coefficient (Wildman–Crippen LogP) is 3.67. The Morgan fingerprint density at radius 3 is 2.10 bits per heavy atom. The second-order valence-electron chi connectivity index (χ2n) is 7.78. The van der Waals surface area contributed by atoms with E-state index in [2.05, 4.69) is 30.3 Å². The lowest BCUT2D eigenvalue weighted by atomic mass is 10.1. The molecular weight excluding hydrogens is 418 g/mol. The fraction of sp³-hybridized carbons (Fsp3) is 0.524. The van der Waals surface area contributed by atoms with Gasteiger partial charge >= 0.3 is 0 Å². The van der Waals surface area contributed by atoms with Gasteiger partial charge in [-0.05, 0) is 56.2 Å². The van der Waals surface area contributed by atoms with Gasteiger partial charge in [0.05, 0.1) is 18.3 Å². The standard InChI is InChI=1S/C21H28ClN7O2/c1-31-17-13-15(12-16(22)18(17)30)14-23-27-19-24-20(28-8-4-2-5-9-28)26-21(25-19)29-10-6-3-7-11-29/h12-14,30H,2-11H2,1H3,(H,24,25,26,27). The molecule has 0 unspecified atom stereocenters. The van der Waals surface area contributed by atoms with Crippen molar-refractivity contribution in [1.82, 2.24) is 15.0 Å². The molecule has 2 N–H and O–H groups in total. The van der Waals surface area contributed by atoms with E-state index in [0.717, 1.165) is 51.9 Å². The second-order valence-corrected chi connectivity index (χ2v) is 8.19. The first-order valence-corrected chi connectivity index (χ1v) is 11.1. The first-order chi connectivity index (χ1) is 15.1. The lowest BCUT2D eigenvalue weighted by Gasteiger charge is -2.30. The molecule has 2 saturated heterocycles. The molecule has 4 rings (SSSR count). The van der Waals surface area contributed by atoms with Crippen LogP contribution in [0, 0.1) is 0 Å². The number of phenolic OH excluding ortho intramolecular Hbond substituents is 1. The highest BCUT2D eigenvalue weighted by molar-refractivity contribution is 6.32. The zero-order valence-corrected chi connectivity index (χ0v) is 18.5. The van der Waals surface area contributed by atoms with Crippen LogP contribution in [0.5, 0.6) is 11.5 Å². The van der Waals surface area contributed by atoms with Crippen LogP contribution < -0.4 is 20.0 Å². The lowest BCUT2D eigenvalue weighted by Crippen LogP contribution is -2.34. The maximum atomic E-state index is 9.88. The topological polar surface area (TPSA) is 99.0 Å². The second kappa shape index (κ2) is 10.00. The molecule has 0 saturated carbocycles. The van der Waals surface area contributed by atoms with Crippen LogP contribution >= 0.6 is 11.6 Å². The van der Waals surface area contributed by atoms with Crippen molar-refractivity contribution >= 4 is 35.7 Å². The Labute approximate surface area is 187 Å². The third-order valence-corrected chi connectivity index (χ3v) is 5.83. The number of piperidine rings is 2. The van der Waals surface area contributed by atoms with Crippen molar-refractivity contribution in [3.63, 3.8) is 0 Å². The molecule has 0 spiro atoms. The number of nitrogens with zero attached hydrogens (tertiary/aromatic N) is 6. The highest BCUT2D eigenvalue weighted by Gasteiger charge is 2.20. The zero-order chi connectivity index (χ0) is 21.6. The summed E-state index contributed by atoms with van der Waals surface area (Å²) in [5.41, 5.74) is 3.61. The monoisotopic (exact) mass is 445 g/mol. The van der Waals surface area contributed by atoms with Crippen LogP contribution in [0.1, 0.15) is 44.1 Å². The number of aromatic hydroxyl groups is 1. The van der Waals surface area contributed by atoms with E-state index in [4.69, 9.17) is 21.3 Å². The van der Waals surface area contributed by atoms with Gasteiger partial charge in [0.1, 0.15) is 0 Å². The van der Waals surface area contributed by atoms with Crippen LogP contribution in [0.4, 0.5) is 17.8 Å². The van der Waals surface area contributed by atoms with Gasteiger partial charge in [-0.3, -0.25) is 0 Å². The Bertz CT molecular complexity index is 892. The number of ether oxygens (including phenoxy) is 1. The van der Waals surface area contributed by atoms with Crippen molar-refractivity contribution in [2.24, 2.45) is 5.10 Å². The van der Waals surface area contributed by atoms with Crippen LogP contribution in [0.2, 0.25) is 5.02 Å². The Hall–Kier alpha value is -2.81. The van der Waals surface area contributed by atoms with Gasteiger partial charge in [-0.25, -0.2) is 5.43 Å². The van der Waals surface area contributed by atoms with Crippen molar-refractivity contribution in [1.29, 1.82) is 0 Å². The summed E-state index contributed by atoms with van der Waals surface area (Å²) < 4.78 is 5.14. The molecule has 2 aliphatic heterocycles. The van der Waals surface area contributed by atoms with E-state index < -0.39 is 0 Å². The summed E-state index contributed by atoms with van der Waals surface area (Å²) in [4.78, 5) is 18.4. The maximum absolute atomic E-state index is 9.88. The molecule has 1 aromatic carbocycles. The van der Waals surface area contributed by atoms with Crippen LogP contribution in [-0.2, 0) is 0 Å². The molecule has 0 radical (unpaired) electrons. The smallest absolute Gasteiger partial charge is 0.250 e. The average Bonchev–Trinajstić information content (AvgIpc) is 2.82. The summed E-state index contributed by atoms with van der Waals surface area (Å²) >= 11 is 6.05. The predicted molar refractivity (Wildman–Crippen MR) is 123 cm³/mol. The summed E-state index contributed by atoms with van der Waals surface area (Å²) in [6, 6.07) is 3.26. The third kappa shape index (κ3) is 5.28. The van der Waals surface area contributed by atoms with Crippen molar-refractivity contribution in [3.8, 4) is 11.5 Å². The van der Waals surface area contributed by atoms with E-state index in [1.807, 2.05) is 0 Å². The number of hydrazone groups is 1. The average molecular weight is 446 g/mol. The molecule has 10 heteroatoms. The van der Waals surface area contributed by atoms with Gasteiger partial charge in [0.2, 0.25) is 17.8 Å². The van der Waals surface area contributed by atoms with E-state index in [1.54, 1.807) is 18.3 Å². The number of methoxy groups -OCH3 is 1. The number of anilines is 3. The Morgan fingerprint density at radius 1 is 0.968 bits per heavy atom. The van der Waals surface area contributed by atoms with Gasteiger partial charge in [-0.2, -0.15) is 20.1 Å². The van der Waals surface area contributed by atoms with Crippen molar-refractivity contribution in [3.05, 3.63) is 22.7 Å². The molecule has 2 fully saturated rings. The molecule has 166 valence electrons. The summed E-state index contributed by atoms with van der Waals surface area (Å²) in [6.07, 6.45) is 8.66. The number of rotatable bonds is 6. The van der Waals surface area contributed by atoms with E-state index >= 15 is 0 Å². The minimum absolute atomic E-state index is 0.0934. The van der Waals surface area contributed by atoms with E-state index in [-0.39, 0.29) is 16.5 Å². The molecule has 0 bridgehead atoms. The quantitative estimate of drug-likeness (QED) is 0.513. The largest absolute Gasteiger partial charge is 0.503 e. The minimum atomic E-state index is -0.0934. The number of hydrogen-bond acceptors (Lipinski definition) is 9. The molecule has 9 nitrogen and oxygen atoms in total. The molecule has 0 amide bonds. The number of nitrogens with one attached hydrogen (secondary N) is 1. The Balaban J connectivity index is 1.56. The SMILES string of the molecule is COc1cc(C=NNc2nc(N3CCCCC3)nc(N3CCCCC3)n2)cc(Cl)c1O. The highest BCUT2D eigenvalue weighted by atomic mass is 35.5. The first-order valence-electron chi connectivity index (χ1n) is 10.8. The number of benzene rings is 1. The van der Waals surface area contributed by atoms with Crippen LogP contribution in [0.15, 0.2) is 17.2 Å². The van der Waals surface area contributed by atoms with Gasteiger partial charge in [-0.15, -0.1) is 0 Å². The molecule has 2 aromatic rings. The number of halogens is 1. The van der Waals surface area contributed by atoms with Gasteiger partial charge < -0.3 is 19.6 Å². The van der Waals surface area contributed by atoms with Crippen molar-refractivity contribution in [2.45, 2.75) is 38.5 Å². The number of phenols is 1. The number of aromatic nitrogens is 3. The number of hydrogen-bond donors (Lipinski definition) is 2. The van der Waals surface area contributed by atoms with Gasteiger partial charge in [-0.1, -0.05) is 11.6 Å².